The van der Waals surface area contributed by atoms with Crippen molar-refractivity contribution in [3.63, 3.8) is 0 Å². The Morgan fingerprint density at radius 1 is 1.32 bits per heavy atom. The maximum atomic E-state index is 11.9. The van der Waals surface area contributed by atoms with Crippen molar-refractivity contribution in [2.45, 2.75) is 12.1 Å². The van der Waals surface area contributed by atoms with Gasteiger partial charge in [-0.3, -0.25) is 0 Å². The van der Waals surface area contributed by atoms with E-state index in [1.807, 2.05) is 0 Å². The molecule has 4 N–H and O–H groups in total. The Kier molecular flexibility index (Phi) is 5.97. The van der Waals surface area contributed by atoms with Gasteiger partial charge in [-0.2, -0.15) is 13.2 Å². The number of nitrogens with one attached hydrogen (secondary N) is 1. The largest absolute Gasteiger partial charge is 0.441 e. The van der Waals surface area contributed by atoms with Crippen molar-refractivity contribution in [1.82, 2.24) is 5.32 Å². The number of hydrogen-bond acceptors (Lipinski definition) is 4. The Balaban J connectivity index is 2.31. The minimum Gasteiger partial charge on any atom is -0.409 e. The highest BCUT2D eigenvalue weighted by Gasteiger charge is 2.27. The molecule has 19 heavy (non-hydrogen) atoms. The second-order valence-electron chi connectivity index (χ2n) is 3.65. The number of alkyl halides is 3. The summed E-state index contributed by atoms with van der Waals surface area (Å²) in [5.41, 5.74) is 2.71. The zero-order chi connectivity index (χ0) is 14.3. The summed E-state index contributed by atoms with van der Waals surface area (Å²) in [4.78, 5) is 0. The molecule has 0 atom stereocenters. The predicted molar refractivity (Wildman–Crippen MR) is 69.2 cm³/mol. The molecule has 0 amide bonds. The van der Waals surface area contributed by atoms with Crippen LogP contribution in [0.15, 0.2) is 29.4 Å². The van der Waals surface area contributed by atoms with Gasteiger partial charge in [0.1, 0.15) is 0 Å². The summed E-state index contributed by atoms with van der Waals surface area (Å²) in [6.07, 6.45) is 0. The number of oxime groups is 1. The number of nitrogens with two attached hydrogens (primary N) is 1. The van der Waals surface area contributed by atoms with Gasteiger partial charge >= 0.3 is 5.51 Å². The van der Waals surface area contributed by atoms with Gasteiger partial charge in [-0.25, -0.2) is 0 Å². The number of nitrogens with zero attached hydrogens (tertiary/aromatic N) is 1. The second-order valence-corrected chi connectivity index (χ2v) is 4.81. The minimum absolute atomic E-state index is 0.0149. The third-order valence-corrected chi connectivity index (χ3v) is 2.97. The molecule has 106 valence electrons. The van der Waals surface area contributed by atoms with Crippen LogP contribution in [-0.4, -0.2) is 28.8 Å². The third kappa shape index (κ3) is 6.35. The van der Waals surface area contributed by atoms with E-state index in [1.54, 1.807) is 24.3 Å². The first-order valence-corrected chi connectivity index (χ1v) is 6.39. The van der Waals surface area contributed by atoms with Crippen LogP contribution in [0.3, 0.4) is 0 Å². The molecule has 0 saturated carbocycles. The highest BCUT2D eigenvalue weighted by atomic mass is 32.2. The maximum Gasteiger partial charge on any atom is 0.441 e. The van der Waals surface area contributed by atoms with E-state index in [1.165, 1.54) is 0 Å². The summed E-state index contributed by atoms with van der Waals surface area (Å²) in [5.74, 6) is -0.00723. The van der Waals surface area contributed by atoms with Gasteiger partial charge < -0.3 is 16.3 Å². The van der Waals surface area contributed by atoms with Gasteiger partial charge in [-0.05, 0) is 17.3 Å². The standard InChI is InChI=1S/C11H14F3N3OS/c12-11(13,14)19-6-5-16-7-8-1-3-9(4-2-8)10(15)17-18/h1-4,16,18H,5-7H2,(H2,15,17). The van der Waals surface area contributed by atoms with E-state index >= 15 is 0 Å². The van der Waals surface area contributed by atoms with Crippen LogP contribution in [0.1, 0.15) is 11.1 Å². The van der Waals surface area contributed by atoms with Crippen LogP contribution >= 0.6 is 11.8 Å². The van der Waals surface area contributed by atoms with Crippen molar-refractivity contribution >= 4 is 17.6 Å². The lowest BCUT2D eigenvalue weighted by atomic mass is 10.1. The van der Waals surface area contributed by atoms with Crippen molar-refractivity contribution in [2.24, 2.45) is 10.9 Å². The molecule has 0 saturated heterocycles. The van der Waals surface area contributed by atoms with Gasteiger partial charge in [0.15, 0.2) is 5.84 Å². The van der Waals surface area contributed by atoms with Crippen molar-refractivity contribution in [1.29, 1.82) is 0 Å². The molecule has 0 fully saturated rings. The highest BCUT2D eigenvalue weighted by Crippen LogP contribution is 2.29. The lowest BCUT2D eigenvalue weighted by molar-refractivity contribution is -0.0327. The lowest BCUT2D eigenvalue weighted by Crippen LogP contribution is -2.18. The van der Waals surface area contributed by atoms with Gasteiger partial charge in [-0.15, -0.1) is 0 Å². The van der Waals surface area contributed by atoms with Crippen molar-refractivity contribution in [3.05, 3.63) is 35.4 Å². The molecule has 0 heterocycles. The van der Waals surface area contributed by atoms with Crippen LogP contribution in [-0.2, 0) is 6.54 Å². The Hall–Kier alpha value is -1.41. The van der Waals surface area contributed by atoms with Gasteiger partial charge in [0.25, 0.3) is 0 Å². The average Bonchev–Trinajstić information content (AvgIpc) is 2.37. The summed E-state index contributed by atoms with van der Waals surface area (Å²) in [6, 6.07) is 6.88. The first kappa shape index (κ1) is 15.6. The van der Waals surface area contributed by atoms with Gasteiger partial charge in [0, 0.05) is 24.4 Å². The van der Waals surface area contributed by atoms with E-state index in [2.05, 4.69) is 10.5 Å². The maximum absolute atomic E-state index is 11.9. The van der Waals surface area contributed by atoms with Gasteiger partial charge in [0.2, 0.25) is 0 Å². The highest BCUT2D eigenvalue weighted by molar-refractivity contribution is 8.00. The summed E-state index contributed by atoms with van der Waals surface area (Å²) >= 11 is -0.0445. The predicted octanol–water partition coefficient (Wildman–Crippen LogP) is 2.12. The van der Waals surface area contributed by atoms with E-state index in [-0.39, 0.29) is 29.9 Å². The fourth-order valence-corrected chi connectivity index (χ4v) is 1.80. The van der Waals surface area contributed by atoms with Crippen LogP contribution in [0, 0.1) is 0 Å². The fraction of sp³-hybridized carbons (Fsp3) is 0.364. The van der Waals surface area contributed by atoms with Crippen LogP contribution in [0.4, 0.5) is 13.2 Å². The van der Waals surface area contributed by atoms with Gasteiger partial charge in [0.05, 0.1) is 0 Å². The van der Waals surface area contributed by atoms with Crippen molar-refractivity contribution in [3.8, 4) is 0 Å². The second kappa shape index (κ2) is 7.25. The zero-order valence-corrected chi connectivity index (χ0v) is 10.8. The molecule has 1 aromatic rings. The lowest BCUT2D eigenvalue weighted by Gasteiger charge is -2.07. The molecule has 8 heteroatoms. The molecule has 1 rings (SSSR count). The van der Waals surface area contributed by atoms with Gasteiger partial charge in [-0.1, -0.05) is 29.4 Å². The molecule has 1 aromatic carbocycles. The van der Waals surface area contributed by atoms with Crippen LogP contribution < -0.4 is 11.1 Å². The number of amidine groups is 1. The Labute approximate surface area is 112 Å². The molecule has 0 spiro atoms. The fourth-order valence-electron chi connectivity index (χ4n) is 1.32. The van der Waals surface area contributed by atoms with Crippen molar-refractivity contribution in [2.75, 3.05) is 12.3 Å². The third-order valence-electron chi connectivity index (χ3n) is 2.23. The Morgan fingerprint density at radius 2 is 1.95 bits per heavy atom. The molecule has 0 aliphatic rings. The molecule has 0 aliphatic carbocycles. The monoisotopic (exact) mass is 293 g/mol. The first-order chi connectivity index (χ1) is 8.92. The molecule has 0 unspecified atom stereocenters. The number of halogens is 3. The smallest absolute Gasteiger partial charge is 0.409 e. The molecule has 0 bridgehead atoms. The van der Waals surface area contributed by atoms with Crippen LogP contribution in [0.25, 0.3) is 0 Å². The van der Waals surface area contributed by atoms with E-state index in [0.29, 0.717) is 12.1 Å². The number of thioether (sulfide) groups is 1. The average molecular weight is 293 g/mol. The number of rotatable bonds is 6. The molecule has 0 aliphatic heterocycles. The van der Waals surface area contributed by atoms with Crippen LogP contribution in [0.2, 0.25) is 0 Å². The molecular weight excluding hydrogens is 279 g/mol. The van der Waals surface area contributed by atoms with E-state index in [4.69, 9.17) is 10.9 Å². The summed E-state index contributed by atoms with van der Waals surface area (Å²) in [5, 5.41) is 14.3. The van der Waals surface area contributed by atoms with Crippen LogP contribution in [0.5, 0.6) is 0 Å². The van der Waals surface area contributed by atoms with Crippen molar-refractivity contribution < 1.29 is 18.4 Å². The molecule has 0 radical (unpaired) electrons. The normalized spacial score (nSPS) is 12.7. The summed E-state index contributed by atoms with van der Waals surface area (Å²) in [6.45, 7) is 0.737. The SMILES string of the molecule is N/C(=N/O)c1ccc(CNCCSC(F)(F)F)cc1. The Bertz CT molecular complexity index is 420. The molecular formula is C11H14F3N3OS. The quantitative estimate of drug-likeness (QED) is 0.247. The molecule has 0 aromatic heterocycles. The van der Waals surface area contributed by atoms with E-state index < -0.39 is 5.51 Å². The molecule has 4 nitrogen and oxygen atoms in total. The summed E-state index contributed by atoms with van der Waals surface area (Å²) < 4.78 is 35.6. The van der Waals surface area contributed by atoms with E-state index in [9.17, 15) is 13.2 Å². The number of benzene rings is 1. The first-order valence-electron chi connectivity index (χ1n) is 5.40. The zero-order valence-electron chi connectivity index (χ0n) is 9.94. The minimum atomic E-state index is -4.18. The summed E-state index contributed by atoms with van der Waals surface area (Å²) in [7, 11) is 0. The topological polar surface area (TPSA) is 70.6 Å². The van der Waals surface area contributed by atoms with E-state index in [0.717, 1.165) is 5.56 Å². The number of hydrogen-bond donors (Lipinski definition) is 3. The Morgan fingerprint density at radius 3 is 2.47 bits per heavy atom.